The Bertz CT molecular complexity index is 618. The van der Waals surface area contributed by atoms with Crippen LogP contribution in [0.4, 0.5) is 17.6 Å². The lowest BCUT2D eigenvalue weighted by atomic mass is 10.2. The molecular weight excluding hydrogens is 278 g/mol. The van der Waals surface area contributed by atoms with Crippen molar-refractivity contribution in [1.29, 1.82) is 0 Å². The third-order valence-corrected chi connectivity index (χ3v) is 2.67. The highest BCUT2D eigenvalue weighted by Crippen LogP contribution is 2.25. The fraction of sp³-hybridized carbons (Fsp3) is 0.308. The van der Waals surface area contributed by atoms with Crippen LogP contribution in [0.15, 0.2) is 18.2 Å². The molecule has 2 aromatic rings. The third kappa shape index (κ3) is 3.71. The third-order valence-electron chi connectivity index (χ3n) is 2.34. The van der Waals surface area contributed by atoms with Crippen molar-refractivity contribution in [2.45, 2.75) is 26.9 Å². The number of nitrogens with zero attached hydrogens (tertiary/aromatic N) is 3. The van der Waals surface area contributed by atoms with Gasteiger partial charge in [0.15, 0.2) is 0 Å². The fourth-order valence-electron chi connectivity index (χ4n) is 1.55. The topological polar surface area (TPSA) is 86.0 Å². The van der Waals surface area contributed by atoms with Crippen molar-refractivity contribution >= 4 is 29.2 Å². The second kappa shape index (κ2) is 5.92. The van der Waals surface area contributed by atoms with Crippen LogP contribution in [-0.2, 0) is 0 Å². The molecule has 106 valence electrons. The first-order chi connectivity index (χ1) is 9.44. The van der Waals surface area contributed by atoms with Crippen LogP contribution in [-0.4, -0.2) is 21.1 Å². The molecule has 0 atom stereocenters. The largest absolute Gasteiger partial charge is 0.461 e. The molecule has 0 radical (unpaired) electrons. The van der Waals surface area contributed by atoms with Crippen LogP contribution in [0.3, 0.4) is 0 Å². The van der Waals surface area contributed by atoms with Crippen LogP contribution < -0.4 is 15.8 Å². The smallest absolute Gasteiger partial charge is 0.323 e. The molecule has 0 bridgehead atoms. The predicted molar refractivity (Wildman–Crippen MR) is 79.5 cm³/mol. The highest BCUT2D eigenvalue weighted by molar-refractivity contribution is 6.33. The molecule has 0 amide bonds. The molecule has 7 heteroatoms. The minimum atomic E-state index is -0.0489. The number of rotatable bonds is 4. The summed E-state index contributed by atoms with van der Waals surface area (Å²) >= 11 is 6.11. The number of nitrogens with one attached hydrogen (secondary N) is 1. The van der Waals surface area contributed by atoms with Crippen molar-refractivity contribution < 1.29 is 4.74 Å². The van der Waals surface area contributed by atoms with E-state index in [9.17, 15) is 0 Å². The first-order valence-corrected chi connectivity index (χ1v) is 6.53. The van der Waals surface area contributed by atoms with Crippen molar-refractivity contribution in [3.63, 3.8) is 0 Å². The van der Waals surface area contributed by atoms with Crippen molar-refractivity contribution in [1.82, 2.24) is 15.0 Å². The summed E-state index contributed by atoms with van der Waals surface area (Å²) in [6.07, 6.45) is -0.0489. The lowest BCUT2D eigenvalue weighted by Gasteiger charge is -2.11. The lowest BCUT2D eigenvalue weighted by molar-refractivity contribution is 0.222. The Morgan fingerprint density at radius 1 is 1.25 bits per heavy atom. The molecule has 1 heterocycles. The number of aryl methyl sites for hydroxylation is 1. The average molecular weight is 294 g/mol. The van der Waals surface area contributed by atoms with Crippen LogP contribution >= 0.6 is 11.6 Å². The summed E-state index contributed by atoms with van der Waals surface area (Å²) < 4.78 is 5.41. The van der Waals surface area contributed by atoms with E-state index < -0.39 is 0 Å². The van der Waals surface area contributed by atoms with Crippen LogP contribution in [0.1, 0.15) is 19.4 Å². The number of benzene rings is 1. The van der Waals surface area contributed by atoms with Gasteiger partial charge in [0.2, 0.25) is 11.9 Å². The SMILES string of the molecule is Cc1ccc(Cl)c(Nc2nc(N)nc(OC(C)C)n2)c1. The first-order valence-electron chi connectivity index (χ1n) is 6.15. The van der Waals surface area contributed by atoms with Gasteiger partial charge in [-0.2, -0.15) is 15.0 Å². The van der Waals surface area contributed by atoms with Crippen LogP contribution in [0.5, 0.6) is 6.01 Å². The Kier molecular flexibility index (Phi) is 4.24. The van der Waals surface area contributed by atoms with E-state index in [4.69, 9.17) is 22.1 Å². The fourth-order valence-corrected chi connectivity index (χ4v) is 1.71. The number of anilines is 3. The summed E-state index contributed by atoms with van der Waals surface area (Å²) in [6.45, 7) is 5.73. The second-order valence-electron chi connectivity index (χ2n) is 4.57. The molecule has 1 aromatic heterocycles. The molecule has 3 N–H and O–H groups in total. The Labute approximate surface area is 122 Å². The highest BCUT2D eigenvalue weighted by Gasteiger charge is 2.09. The van der Waals surface area contributed by atoms with E-state index in [0.717, 1.165) is 5.56 Å². The van der Waals surface area contributed by atoms with Crippen molar-refractivity contribution in [2.24, 2.45) is 0 Å². The maximum Gasteiger partial charge on any atom is 0.323 e. The van der Waals surface area contributed by atoms with Gasteiger partial charge in [-0.15, -0.1) is 0 Å². The molecule has 2 rings (SSSR count). The lowest BCUT2D eigenvalue weighted by Crippen LogP contribution is -2.11. The van der Waals surface area contributed by atoms with Crippen molar-refractivity contribution in [2.75, 3.05) is 11.1 Å². The molecule has 0 aliphatic rings. The van der Waals surface area contributed by atoms with Gasteiger partial charge in [-0.1, -0.05) is 17.7 Å². The van der Waals surface area contributed by atoms with Gasteiger partial charge in [0.1, 0.15) is 0 Å². The monoisotopic (exact) mass is 293 g/mol. The number of aromatic nitrogens is 3. The molecular formula is C13H16ClN5O. The first kappa shape index (κ1) is 14.3. The summed E-state index contributed by atoms with van der Waals surface area (Å²) in [4.78, 5) is 12.1. The number of halogens is 1. The summed E-state index contributed by atoms with van der Waals surface area (Å²) in [5.41, 5.74) is 7.41. The van der Waals surface area contributed by atoms with E-state index in [1.54, 1.807) is 6.07 Å². The van der Waals surface area contributed by atoms with Crippen LogP contribution in [0, 0.1) is 6.92 Å². The molecule has 6 nitrogen and oxygen atoms in total. The van der Waals surface area contributed by atoms with Crippen LogP contribution in [0.25, 0.3) is 0 Å². The molecule has 0 unspecified atom stereocenters. The van der Waals surface area contributed by atoms with Gasteiger partial charge in [-0.3, -0.25) is 0 Å². The van der Waals surface area contributed by atoms with E-state index in [1.165, 1.54) is 0 Å². The van der Waals surface area contributed by atoms with E-state index in [0.29, 0.717) is 16.7 Å². The molecule has 0 aliphatic heterocycles. The standard InChI is InChI=1S/C13H16ClN5O/c1-7(2)20-13-18-11(15)17-12(19-13)16-10-6-8(3)4-5-9(10)14/h4-7H,1-3H3,(H3,15,16,17,18,19). The Balaban J connectivity index is 2.28. The maximum absolute atomic E-state index is 6.11. The Morgan fingerprint density at radius 3 is 2.70 bits per heavy atom. The summed E-state index contributed by atoms with van der Waals surface area (Å²) in [5.74, 6) is 0.377. The molecule has 0 fully saturated rings. The van der Waals surface area contributed by atoms with E-state index >= 15 is 0 Å². The van der Waals surface area contributed by atoms with E-state index in [-0.39, 0.29) is 18.1 Å². The zero-order chi connectivity index (χ0) is 14.7. The minimum Gasteiger partial charge on any atom is -0.461 e. The van der Waals surface area contributed by atoms with Gasteiger partial charge < -0.3 is 15.8 Å². The van der Waals surface area contributed by atoms with Gasteiger partial charge in [0.05, 0.1) is 16.8 Å². The van der Waals surface area contributed by atoms with Crippen LogP contribution in [0.2, 0.25) is 5.02 Å². The van der Waals surface area contributed by atoms with Gasteiger partial charge in [0, 0.05) is 0 Å². The maximum atomic E-state index is 6.11. The zero-order valence-corrected chi connectivity index (χ0v) is 12.3. The van der Waals surface area contributed by atoms with Crippen molar-refractivity contribution in [3.05, 3.63) is 28.8 Å². The normalized spacial score (nSPS) is 10.7. The predicted octanol–water partition coefficient (Wildman–Crippen LogP) is 2.95. The molecule has 0 saturated heterocycles. The van der Waals surface area contributed by atoms with Gasteiger partial charge in [0.25, 0.3) is 0 Å². The molecule has 0 spiro atoms. The Hall–Kier alpha value is -2.08. The molecule has 20 heavy (non-hydrogen) atoms. The quantitative estimate of drug-likeness (QED) is 0.901. The number of hydrogen-bond donors (Lipinski definition) is 2. The van der Waals surface area contributed by atoms with Gasteiger partial charge in [-0.25, -0.2) is 0 Å². The molecule has 0 aliphatic carbocycles. The highest BCUT2D eigenvalue weighted by atomic mass is 35.5. The molecule has 1 aromatic carbocycles. The minimum absolute atomic E-state index is 0.0489. The number of nitrogens with two attached hydrogens (primary N) is 1. The summed E-state index contributed by atoms with van der Waals surface area (Å²) in [5, 5.41) is 3.58. The molecule has 0 saturated carbocycles. The zero-order valence-electron chi connectivity index (χ0n) is 11.5. The number of hydrogen-bond acceptors (Lipinski definition) is 6. The Morgan fingerprint density at radius 2 is 2.00 bits per heavy atom. The average Bonchev–Trinajstić information content (AvgIpc) is 2.32. The summed E-state index contributed by atoms with van der Waals surface area (Å²) in [6, 6.07) is 5.79. The number of ether oxygens (including phenoxy) is 1. The number of nitrogen functional groups attached to an aromatic ring is 1. The van der Waals surface area contributed by atoms with Gasteiger partial charge >= 0.3 is 6.01 Å². The van der Waals surface area contributed by atoms with Crippen molar-refractivity contribution in [3.8, 4) is 6.01 Å². The van der Waals surface area contributed by atoms with Gasteiger partial charge in [-0.05, 0) is 38.5 Å². The van der Waals surface area contributed by atoms with E-state index in [1.807, 2.05) is 32.9 Å². The second-order valence-corrected chi connectivity index (χ2v) is 4.98. The van der Waals surface area contributed by atoms with E-state index in [2.05, 4.69) is 20.3 Å². The summed E-state index contributed by atoms with van der Waals surface area (Å²) in [7, 11) is 0.